The van der Waals surface area contributed by atoms with E-state index < -0.39 is 5.97 Å². The van der Waals surface area contributed by atoms with E-state index >= 15 is 0 Å². The highest BCUT2D eigenvalue weighted by Crippen LogP contribution is 2.26. The zero-order valence-corrected chi connectivity index (χ0v) is 10.5. The first-order chi connectivity index (χ1) is 7.61. The van der Waals surface area contributed by atoms with Crippen LogP contribution in [0.2, 0.25) is 0 Å². The summed E-state index contributed by atoms with van der Waals surface area (Å²) < 4.78 is 0. The first-order valence-electron chi connectivity index (χ1n) is 5.69. The van der Waals surface area contributed by atoms with Crippen LogP contribution in [-0.2, 0) is 9.59 Å². The molecule has 1 aliphatic heterocycles. The zero-order valence-electron chi connectivity index (χ0n) is 9.65. The number of thioether (sulfide) groups is 1. The van der Waals surface area contributed by atoms with Gasteiger partial charge in [-0.3, -0.25) is 9.59 Å². The Labute approximate surface area is 100 Å². The molecule has 16 heavy (non-hydrogen) atoms. The minimum Gasteiger partial charge on any atom is -0.481 e. The van der Waals surface area contributed by atoms with Crippen molar-refractivity contribution < 1.29 is 14.7 Å². The molecule has 1 N–H and O–H groups in total. The van der Waals surface area contributed by atoms with Crippen LogP contribution in [0.25, 0.3) is 0 Å². The average molecular weight is 245 g/mol. The minimum atomic E-state index is -0.798. The minimum absolute atomic E-state index is 0.101. The fourth-order valence-corrected chi connectivity index (χ4v) is 3.07. The van der Waals surface area contributed by atoms with Gasteiger partial charge < -0.3 is 10.0 Å². The van der Waals surface area contributed by atoms with E-state index in [-0.39, 0.29) is 17.6 Å². The zero-order chi connectivity index (χ0) is 12.0. The molecule has 1 unspecified atom stereocenters. The topological polar surface area (TPSA) is 57.6 Å². The monoisotopic (exact) mass is 245 g/mol. The van der Waals surface area contributed by atoms with Crippen LogP contribution in [0.1, 0.15) is 32.1 Å². The maximum Gasteiger partial charge on any atom is 0.303 e. The third-order valence-electron chi connectivity index (χ3n) is 2.72. The summed E-state index contributed by atoms with van der Waals surface area (Å²) in [5, 5.41) is 8.61. The van der Waals surface area contributed by atoms with Crippen LogP contribution in [0.3, 0.4) is 0 Å². The number of rotatable bonds is 5. The van der Waals surface area contributed by atoms with E-state index in [1.54, 1.807) is 23.7 Å². The second-order valence-corrected chi connectivity index (χ2v) is 5.42. The van der Waals surface area contributed by atoms with Crippen LogP contribution in [0, 0.1) is 0 Å². The Kier molecular flexibility index (Phi) is 5.66. The molecule has 0 aromatic carbocycles. The smallest absolute Gasteiger partial charge is 0.303 e. The predicted molar refractivity (Wildman–Crippen MR) is 64.6 cm³/mol. The van der Waals surface area contributed by atoms with Gasteiger partial charge in [0.05, 0.1) is 5.25 Å². The fraction of sp³-hybridized carbons (Fsp3) is 0.818. The Bertz CT molecular complexity index is 252. The van der Waals surface area contributed by atoms with Gasteiger partial charge in [-0.2, -0.15) is 0 Å². The highest BCUT2D eigenvalue weighted by molar-refractivity contribution is 8.00. The Morgan fingerprint density at radius 1 is 1.44 bits per heavy atom. The van der Waals surface area contributed by atoms with Crippen molar-refractivity contribution in [3.05, 3.63) is 0 Å². The van der Waals surface area contributed by atoms with Gasteiger partial charge in [-0.1, -0.05) is 6.42 Å². The van der Waals surface area contributed by atoms with Gasteiger partial charge in [0, 0.05) is 20.0 Å². The molecule has 0 saturated carbocycles. The number of carboxylic acids is 1. The number of carboxylic acid groups (broad SMARTS) is 1. The van der Waals surface area contributed by atoms with Crippen molar-refractivity contribution in [2.45, 2.75) is 37.4 Å². The molecule has 1 atom stereocenters. The van der Waals surface area contributed by atoms with Crippen molar-refractivity contribution >= 4 is 23.6 Å². The summed E-state index contributed by atoms with van der Waals surface area (Å²) in [5.41, 5.74) is 0. The molecule has 1 rings (SSSR count). The van der Waals surface area contributed by atoms with Crippen molar-refractivity contribution in [2.24, 2.45) is 0 Å². The molecule has 1 amide bonds. The number of hydrogen-bond acceptors (Lipinski definition) is 3. The number of amides is 1. The molecule has 0 aliphatic carbocycles. The molecular formula is C11H19NO3S. The summed E-state index contributed by atoms with van der Waals surface area (Å²) in [6.45, 7) is 0.544. The standard InChI is InChI=1S/C11H19NO3S/c1-12(7-4-6-10(13)14)11(15)9-5-2-3-8-16-9/h9H,2-8H2,1H3,(H,13,14). The van der Waals surface area contributed by atoms with Crippen LogP contribution >= 0.6 is 11.8 Å². The van der Waals surface area contributed by atoms with E-state index in [1.165, 1.54) is 6.42 Å². The Morgan fingerprint density at radius 2 is 2.19 bits per heavy atom. The van der Waals surface area contributed by atoms with Crippen molar-refractivity contribution in [2.75, 3.05) is 19.3 Å². The average Bonchev–Trinajstić information content (AvgIpc) is 2.28. The molecule has 1 saturated heterocycles. The van der Waals surface area contributed by atoms with Crippen molar-refractivity contribution in [3.8, 4) is 0 Å². The maximum absolute atomic E-state index is 11.9. The molecule has 1 heterocycles. The summed E-state index contributed by atoms with van der Waals surface area (Å²) in [4.78, 5) is 23.9. The summed E-state index contributed by atoms with van der Waals surface area (Å²) >= 11 is 1.73. The lowest BCUT2D eigenvalue weighted by atomic mass is 10.1. The molecular weight excluding hydrogens is 226 g/mol. The lowest BCUT2D eigenvalue weighted by Crippen LogP contribution is -2.36. The Balaban J connectivity index is 2.26. The summed E-state index contributed by atoms with van der Waals surface area (Å²) in [5.74, 6) is 0.433. The molecule has 92 valence electrons. The van der Waals surface area contributed by atoms with E-state index in [2.05, 4.69) is 0 Å². The summed E-state index contributed by atoms with van der Waals surface area (Å²) in [6, 6.07) is 0. The number of hydrogen-bond donors (Lipinski definition) is 1. The first-order valence-corrected chi connectivity index (χ1v) is 6.74. The lowest BCUT2D eigenvalue weighted by Gasteiger charge is -2.25. The van der Waals surface area contributed by atoms with Crippen LogP contribution in [0.5, 0.6) is 0 Å². The van der Waals surface area contributed by atoms with Gasteiger partial charge in [0.25, 0.3) is 0 Å². The van der Waals surface area contributed by atoms with Crippen molar-refractivity contribution in [1.29, 1.82) is 0 Å². The van der Waals surface area contributed by atoms with Gasteiger partial charge >= 0.3 is 5.97 Å². The van der Waals surface area contributed by atoms with E-state index in [9.17, 15) is 9.59 Å². The van der Waals surface area contributed by atoms with Gasteiger partial charge in [0.15, 0.2) is 0 Å². The maximum atomic E-state index is 11.9. The molecule has 0 radical (unpaired) electrons. The molecule has 4 nitrogen and oxygen atoms in total. The number of carbonyl (C=O) groups excluding carboxylic acids is 1. The van der Waals surface area contributed by atoms with Crippen LogP contribution in [-0.4, -0.2) is 46.5 Å². The molecule has 1 aliphatic rings. The molecule has 0 bridgehead atoms. The molecule has 1 fully saturated rings. The third kappa shape index (κ3) is 4.43. The van der Waals surface area contributed by atoms with Crippen LogP contribution in [0.4, 0.5) is 0 Å². The SMILES string of the molecule is CN(CCCC(=O)O)C(=O)C1CCCCS1. The van der Waals surface area contributed by atoms with Gasteiger partial charge in [0.2, 0.25) is 5.91 Å². The van der Waals surface area contributed by atoms with Crippen LogP contribution < -0.4 is 0 Å². The molecule has 0 aromatic rings. The molecule has 0 aromatic heterocycles. The van der Waals surface area contributed by atoms with Crippen LogP contribution in [0.15, 0.2) is 0 Å². The van der Waals surface area contributed by atoms with Crippen molar-refractivity contribution in [3.63, 3.8) is 0 Å². The highest BCUT2D eigenvalue weighted by atomic mass is 32.2. The summed E-state index contributed by atoms with van der Waals surface area (Å²) in [7, 11) is 1.76. The first kappa shape index (κ1) is 13.4. The molecule has 0 spiro atoms. The second kappa shape index (κ2) is 6.78. The normalized spacial score (nSPS) is 20.4. The van der Waals surface area contributed by atoms with E-state index in [4.69, 9.17) is 5.11 Å². The Hall–Kier alpha value is -0.710. The van der Waals surface area contributed by atoms with Gasteiger partial charge in [-0.15, -0.1) is 11.8 Å². The van der Waals surface area contributed by atoms with E-state index in [0.717, 1.165) is 18.6 Å². The van der Waals surface area contributed by atoms with Gasteiger partial charge in [-0.05, 0) is 25.0 Å². The number of aliphatic carboxylic acids is 1. The van der Waals surface area contributed by atoms with E-state index in [1.807, 2.05) is 0 Å². The number of carbonyl (C=O) groups is 2. The molecule has 5 heteroatoms. The van der Waals surface area contributed by atoms with Gasteiger partial charge in [-0.25, -0.2) is 0 Å². The largest absolute Gasteiger partial charge is 0.481 e. The second-order valence-electron chi connectivity index (χ2n) is 4.11. The van der Waals surface area contributed by atoms with Gasteiger partial charge in [0.1, 0.15) is 0 Å². The third-order valence-corrected chi connectivity index (χ3v) is 4.08. The lowest BCUT2D eigenvalue weighted by molar-refractivity contribution is -0.138. The number of nitrogens with zero attached hydrogens (tertiary/aromatic N) is 1. The van der Waals surface area contributed by atoms with Crippen molar-refractivity contribution in [1.82, 2.24) is 4.90 Å². The fourth-order valence-electron chi connectivity index (χ4n) is 1.76. The quantitative estimate of drug-likeness (QED) is 0.799. The van der Waals surface area contributed by atoms with E-state index in [0.29, 0.717) is 13.0 Å². The summed E-state index contributed by atoms with van der Waals surface area (Å²) in [6.07, 6.45) is 3.97. The Morgan fingerprint density at radius 3 is 2.75 bits per heavy atom. The predicted octanol–water partition coefficient (Wildman–Crippen LogP) is 1.60. The highest BCUT2D eigenvalue weighted by Gasteiger charge is 2.24.